The number of para-hydroxylation sites is 1. The van der Waals surface area contributed by atoms with Crippen LogP contribution in [0.1, 0.15) is 49.2 Å². The first-order valence-electron chi connectivity index (χ1n) is 9.68. The van der Waals surface area contributed by atoms with Crippen molar-refractivity contribution in [2.45, 2.75) is 46.4 Å². The number of rotatable bonds is 7. The maximum Gasteiger partial charge on any atom is 0.410 e. The number of nitrogens with zero attached hydrogens (tertiary/aromatic N) is 1. The predicted molar refractivity (Wildman–Crippen MR) is 114 cm³/mol. The molecule has 2 aromatic rings. The largest absolute Gasteiger partial charge is 0.444 e. The first-order chi connectivity index (χ1) is 13.7. The second kappa shape index (κ2) is 10.1. The molecule has 0 aromatic heterocycles. The van der Waals surface area contributed by atoms with Gasteiger partial charge in [0.15, 0.2) is 0 Å². The molecule has 0 heterocycles. The number of hydrogen-bond acceptors (Lipinski definition) is 4. The summed E-state index contributed by atoms with van der Waals surface area (Å²) >= 11 is 0. The van der Waals surface area contributed by atoms with Gasteiger partial charge in [-0.25, -0.2) is 4.79 Å². The zero-order chi connectivity index (χ0) is 21.4. The van der Waals surface area contributed by atoms with Crippen molar-refractivity contribution in [3.63, 3.8) is 0 Å². The minimum atomic E-state index is -0.562. The first kappa shape index (κ1) is 22.4. The Balaban J connectivity index is 2.13. The van der Waals surface area contributed by atoms with Crippen molar-refractivity contribution in [3.8, 4) is 0 Å². The third kappa shape index (κ3) is 6.91. The zero-order valence-electron chi connectivity index (χ0n) is 17.8. The fourth-order valence-corrected chi connectivity index (χ4v) is 2.73. The maximum absolute atomic E-state index is 12.7. The number of methoxy groups -OCH3 is 1. The molecule has 0 aliphatic carbocycles. The van der Waals surface area contributed by atoms with E-state index in [4.69, 9.17) is 9.47 Å². The van der Waals surface area contributed by atoms with Gasteiger partial charge < -0.3 is 19.7 Å². The van der Waals surface area contributed by atoms with Crippen molar-refractivity contribution < 1.29 is 19.1 Å². The molecule has 0 bridgehead atoms. The predicted octanol–water partition coefficient (Wildman–Crippen LogP) is 4.84. The Morgan fingerprint density at radius 1 is 1.03 bits per heavy atom. The Kier molecular flexibility index (Phi) is 7.79. The number of amides is 2. The second-order valence-corrected chi connectivity index (χ2v) is 7.74. The molecule has 0 radical (unpaired) electrons. The van der Waals surface area contributed by atoms with Gasteiger partial charge in [-0.05, 0) is 57.0 Å². The molecule has 2 aromatic carbocycles. The minimum Gasteiger partial charge on any atom is -0.444 e. The highest BCUT2D eigenvalue weighted by atomic mass is 16.6. The van der Waals surface area contributed by atoms with Gasteiger partial charge in [0, 0.05) is 24.9 Å². The van der Waals surface area contributed by atoms with Crippen LogP contribution < -0.4 is 5.32 Å². The van der Waals surface area contributed by atoms with Crippen LogP contribution in [-0.4, -0.2) is 36.2 Å². The number of benzene rings is 2. The number of anilines is 1. The lowest BCUT2D eigenvalue weighted by Crippen LogP contribution is -2.36. The van der Waals surface area contributed by atoms with Gasteiger partial charge in [-0.2, -0.15) is 0 Å². The van der Waals surface area contributed by atoms with Crippen LogP contribution in [0.15, 0.2) is 48.5 Å². The smallest absolute Gasteiger partial charge is 0.410 e. The summed E-state index contributed by atoms with van der Waals surface area (Å²) in [7, 11) is 1.63. The van der Waals surface area contributed by atoms with E-state index in [1.165, 1.54) is 0 Å². The molecule has 6 heteroatoms. The van der Waals surface area contributed by atoms with E-state index in [0.29, 0.717) is 30.9 Å². The minimum absolute atomic E-state index is 0.207. The van der Waals surface area contributed by atoms with Crippen LogP contribution in [0, 0.1) is 0 Å². The number of nitrogens with one attached hydrogen (secondary N) is 1. The lowest BCUT2D eigenvalue weighted by molar-refractivity contribution is 0.0245. The third-order valence-corrected chi connectivity index (χ3v) is 4.19. The van der Waals surface area contributed by atoms with Gasteiger partial charge in [0.05, 0.1) is 13.2 Å². The normalized spacial score (nSPS) is 11.1. The number of hydrogen-bond donors (Lipinski definition) is 1. The van der Waals surface area contributed by atoms with Crippen LogP contribution in [0.4, 0.5) is 10.5 Å². The molecule has 2 amide bonds. The number of ether oxygens (including phenoxy) is 2. The van der Waals surface area contributed by atoms with Crippen LogP contribution in [0.3, 0.4) is 0 Å². The van der Waals surface area contributed by atoms with E-state index in [-0.39, 0.29) is 12.0 Å². The van der Waals surface area contributed by atoms with Crippen molar-refractivity contribution >= 4 is 17.7 Å². The van der Waals surface area contributed by atoms with Crippen LogP contribution in [0.2, 0.25) is 0 Å². The summed E-state index contributed by atoms with van der Waals surface area (Å²) in [6, 6.07) is 14.7. The lowest BCUT2D eigenvalue weighted by atomic mass is 10.1. The topological polar surface area (TPSA) is 67.9 Å². The molecule has 29 heavy (non-hydrogen) atoms. The maximum atomic E-state index is 12.7. The number of carbonyl (C=O) groups is 2. The molecule has 0 aliphatic rings. The SMILES string of the molecule is CCN(Cc1ccccc1NC(=O)c1ccc(COC)cc1)C(=O)OC(C)(C)C. The van der Waals surface area contributed by atoms with Gasteiger partial charge >= 0.3 is 6.09 Å². The number of carbonyl (C=O) groups excluding carboxylic acids is 2. The molecule has 0 unspecified atom stereocenters. The van der Waals surface area contributed by atoms with Gasteiger partial charge in [0.25, 0.3) is 5.91 Å². The third-order valence-electron chi connectivity index (χ3n) is 4.19. The highest BCUT2D eigenvalue weighted by Gasteiger charge is 2.22. The van der Waals surface area contributed by atoms with Gasteiger partial charge in [-0.1, -0.05) is 30.3 Å². The van der Waals surface area contributed by atoms with Crippen LogP contribution >= 0.6 is 0 Å². The lowest BCUT2D eigenvalue weighted by Gasteiger charge is -2.27. The van der Waals surface area contributed by atoms with Crippen molar-refractivity contribution in [1.29, 1.82) is 0 Å². The molecular formula is C23H30N2O4. The van der Waals surface area contributed by atoms with Gasteiger partial charge in [-0.3, -0.25) is 4.79 Å². The van der Waals surface area contributed by atoms with Gasteiger partial charge in [0.2, 0.25) is 0 Å². The molecule has 0 atom stereocenters. The van der Waals surface area contributed by atoms with E-state index < -0.39 is 5.60 Å². The van der Waals surface area contributed by atoms with Crippen LogP contribution in [0.5, 0.6) is 0 Å². The Labute approximate surface area is 172 Å². The summed E-state index contributed by atoms with van der Waals surface area (Å²) in [6.45, 7) is 8.75. The van der Waals surface area contributed by atoms with Gasteiger partial charge in [-0.15, -0.1) is 0 Å². The highest BCUT2D eigenvalue weighted by molar-refractivity contribution is 6.04. The Morgan fingerprint density at radius 2 is 1.69 bits per heavy atom. The van der Waals surface area contributed by atoms with E-state index in [9.17, 15) is 9.59 Å². The zero-order valence-corrected chi connectivity index (χ0v) is 17.8. The Bertz CT molecular complexity index is 826. The van der Waals surface area contributed by atoms with Crippen LogP contribution in [-0.2, 0) is 22.6 Å². The summed E-state index contributed by atoms with van der Waals surface area (Å²) in [6.07, 6.45) is -0.380. The Morgan fingerprint density at radius 3 is 2.28 bits per heavy atom. The van der Waals surface area contributed by atoms with E-state index in [2.05, 4.69) is 5.32 Å². The molecule has 1 N–H and O–H groups in total. The molecule has 0 fully saturated rings. The molecule has 0 aliphatic heterocycles. The summed E-state index contributed by atoms with van der Waals surface area (Å²) in [5, 5.41) is 2.95. The van der Waals surface area contributed by atoms with Gasteiger partial charge in [0.1, 0.15) is 5.60 Å². The molecular weight excluding hydrogens is 368 g/mol. The average molecular weight is 399 g/mol. The average Bonchev–Trinajstić information content (AvgIpc) is 2.66. The van der Waals surface area contributed by atoms with Crippen molar-refractivity contribution in [1.82, 2.24) is 4.90 Å². The molecule has 0 saturated heterocycles. The van der Waals surface area contributed by atoms with E-state index in [0.717, 1.165) is 11.1 Å². The molecule has 0 saturated carbocycles. The van der Waals surface area contributed by atoms with E-state index in [1.807, 2.05) is 64.1 Å². The van der Waals surface area contributed by atoms with E-state index >= 15 is 0 Å². The van der Waals surface area contributed by atoms with Crippen molar-refractivity contribution in [2.75, 3.05) is 19.0 Å². The summed E-state index contributed by atoms with van der Waals surface area (Å²) in [4.78, 5) is 26.7. The second-order valence-electron chi connectivity index (χ2n) is 7.74. The standard InChI is InChI=1S/C23H30N2O4/c1-6-25(22(27)29-23(2,3)4)15-19-9-7-8-10-20(19)24-21(26)18-13-11-17(12-14-18)16-28-5/h7-14H,6,15-16H2,1-5H3,(H,24,26). The first-order valence-corrected chi connectivity index (χ1v) is 9.68. The summed E-state index contributed by atoms with van der Waals surface area (Å²) in [5.74, 6) is -0.207. The Hall–Kier alpha value is -2.86. The monoisotopic (exact) mass is 398 g/mol. The highest BCUT2D eigenvalue weighted by Crippen LogP contribution is 2.20. The molecule has 2 rings (SSSR count). The van der Waals surface area contributed by atoms with Crippen molar-refractivity contribution in [2.24, 2.45) is 0 Å². The van der Waals surface area contributed by atoms with Crippen molar-refractivity contribution in [3.05, 3.63) is 65.2 Å². The quantitative estimate of drug-likeness (QED) is 0.724. The summed E-state index contributed by atoms with van der Waals surface area (Å²) in [5.41, 5.74) is 2.50. The fraction of sp³-hybridized carbons (Fsp3) is 0.391. The molecule has 6 nitrogen and oxygen atoms in total. The molecule has 0 spiro atoms. The fourth-order valence-electron chi connectivity index (χ4n) is 2.73. The van der Waals surface area contributed by atoms with Crippen LogP contribution in [0.25, 0.3) is 0 Å². The summed E-state index contributed by atoms with van der Waals surface area (Å²) < 4.78 is 10.6. The molecule has 156 valence electrons. The van der Waals surface area contributed by atoms with E-state index in [1.54, 1.807) is 24.1 Å².